The van der Waals surface area contributed by atoms with E-state index >= 15 is 0 Å². The number of hydrogen-bond donors (Lipinski definition) is 0. The number of nitrogens with zero attached hydrogens (tertiary/aromatic N) is 5. The Kier molecular flexibility index (Phi) is 3.88. The molecule has 7 nitrogen and oxygen atoms in total. The van der Waals surface area contributed by atoms with E-state index in [9.17, 15) is 4.79 Å². The molecule has 0 aliphatic rings. The number of hydrogen-bond acceptors (Lipinski definition) is 7. The number of methoxy groups -OCH3 is 1. The third-order valence-electron chi connectivity index (χ3n) is 2.08. The Morgan fingerprint density at radius 3 is 3.11 bits per heavy atom. The number of carbonyl (C=O) groups is 1. The van der Waals surface area contributed by atoms with E-state index < -0.39 is 5.97 Å². The maximum Gasteiger partial charge on any atom is 0.327 e. The minimum absolute atomic E-state index is 0.00407. The lowest BCUT2D eigenvalue weighted by atomic mass is 10.4. The molecule has 18 heavy (non-hydrogen) atoms. The number of rotatable bonds is 4. The fourth-order valence-corrected chi connectivity index (χ4v) is 2.10. The molecule has 8 heteroatoms. The molecule has 0 spiro atoms. The van der Waals surface area contributed by atoms with Crippen LogP contribution in [-0.4, -0.2) is 38.3 Å². The van der Waals surface area contributed by atoms with Crippen LogP contribution in [0, 0.1) is 6.92 Å². The molecule has 2 rings (SSSR count). The van der Waals surface area contributed by atoms with Gasteiger partial charge < -0.3 is 4.74 Å². The summed E-state index contributed by atoms with van der Waals surface area (Å²) < 4.78 is 5.97. The summed E-state index contributed by atoms with van der Waals surface area (Å²) in [6, 6.07) is 3.77. The van der Waals surface area contributed by atoms with Gasteiger partial charge in [0.1, 0.15) is 6.54 Å². The minimum Gasteiger partial charge on any atom is -0.468 e. The first kappa shape index (κ1) is 12.5. The van der Waals surface area contributed by atoms with Gasteiger partial charge in [0.2, 0.25) is 5.16 Å². The predicted octanol–water partition coefficient (Wildman–Crippen LogP) is 0.701. The number of pyridine rings is 1. The van der Waals surface area contributed by atoms with Gasteiger partial charge in [-0.1, -0.05) is 0 Å². The van der Waals surface area contributed by atoms with Gasteiger partial charge in [0.05, 0.1) is 7.11 Å². The Morgan fingerprint density at radius 2 is 2.39 bits per heavy atom. The molecule has 2 heterocycles. The Morgan fingerprint density at radius 1 is 1.56 bits per heavy atom. The van der Waals surface area contributed by atoms with Crippen LogP contribution in [0.4, 0.5) is 0 Å². The van der Waals surface area contributed by atoms with Gasteiger partial charge in [-0.05, 0) is 41.2 Å². The zero-order valence-corrected chi connectivity index (χ0v) is 10.7. The molecule has 94 valence electrons. The molecule has 0 aliphatic carbocycles. The molecule has 0 saturated heterocycles. The summed E-state index contributed by atoms with van der Waals surface area (Å²) in [6.07, 6.45) is 1.71. The van der Waals surface area contributed by atoms with Gasteiger partial charge in [0.25, 0.3) is 0 Å². The van der Waals surface area contributed by atoms with Crippen molar-refractivity contribution in [3.8, 4) is 0 Å². The van der Waals surface area contributed by atoms with E-state index in [1.807, 2.05) is 19.1 Å². The second-order valence-electron chi connectivity index (χ2n) is 3.43. The van der Waals surface area contributed by atoms with E-state index in [0.717, 1.165) is 10.6 Å². The Labute approximate surface area is 108 Å². The molecule has 0 bridgehead atoms. The summed E-state index contributed by atoms with van der Waals surface area (Å²) >= 11 is 1.37. The smallest absolute Gasteiger partial charge is 0.327 e. The number of aromatic nitrogens is 5. The van der Waals surface area contributed by atoms with E-state index in [1.54, 1.807) is 6.20 Å². The number of aryl methyl sites for hydroxylation is 1. The van der Waals surface area contributed by atoms with Gasteiger partial charge in [-0.15, -0.1) is 5.10 Å². The first-order valence-corrected chi connectivity index (χ1v) is 5.94. The van der Waals surface area contributed by atoms with Crippen molar-refractivity contribution in [1.82, 2.24) is 25.2 Å². The highest BCUT2D eigenvalue weighted by Crippen LogP contribution is 2.24. The van der Waals surface area contributed by atoms with Crippen LogP contribution in [0.5, 0.6) is 0 Å². The van der Waals surface area contributed by atoms with Crippen molar-refractivity contribution in [3.05, 3.63) is 24.0 Å². The topological polar surface area (TPSA) is 82.8 Å². The summed E-state index contributed by atoms with van der Waals surface area (Å²) in [7, 11) is 1.33. The molecule has 0 atom stereocenters. The maximum absolute atomic E-state index is 11.2. The Bertz CT molecular complexity index is 557. The van der Waals surface area contributed by atoms with Crippen LogP contribution in [-0.2, 0) is 16.1 Å². The van der Waals surface area contributed by atoms with Gasteiger partial charge >= 0.3 is 5.97 Å². The van der Waals surface area contributed by atoms with Crippen molar-refractivity contribution in [1.29, 1.82) is 0 Å². The van der Waals surface area contributed by atoms with Crippen molar-refractivity contribution in [2.45, 2.75) is 23.5 Å². The molecule has 0 aromatic carbocycles. The van der Waals surface area contributed by atoms with E-state index in [0.29, 0.717) is 5.16 Å². The van der Waals surface area contributed by atoms with Crippen LogP contribution >= 0.6 is 11.8 Å². The van der Waals surface area contributed by atoms with Gasteiger partial charge in [0.15, 0.2) is 0 Å². The lowest BCUT2D eigenvalue weighted by Gasteiger charge is -2.03. The maximum atomic E-state index is 11.2. The molecule has 0 amide bonds. The van der Waals surface area contributed by atoms with E-state index in [4.69, 9.17) is 0 Å². The van der Waals surface area contributed by atoms with Crippen LogP contribution < -0.4 is 0 Å². The average Bonchev–Trinajstić information content (AvgIpc) is 2.76. The monoisotopic (exact) mass is 265 g/mol. The second-order valence-corrected chi connectivity index (χ2v) is 4.47. The van der Waals surface area contributed by atoms with Crippen molar-refractivity contribution in [2.75, 3.05) is 7.11 Å². The summed E-state index contributed by atoms with van der Waals surface area (Å²) in [5.74, 6) is -0.393. The summed E-state index contributed by atoms with van der Waals surface area (Å²) in [6.45, 7) is 1.90. The number of esters is 1. The lowest BCUT2D eigenvalue weighted by molar-refractivity contribution is -0.141. The zero-order valence-electron chi connectivity index (χ0n) is 9.90. The van der Waals surface area contributed by atoms with Crippen LogP contribution in [0.25, 0.3) is 0 Å². The summed E-state index contributed by atoms with van der Waals surface area (Å²) in [5, 5.41) is 11.7. The fourth-order valence-electron chi connectivity index (χ4n) is 1.24. The van der Waals surface area contributed by atoms with E-state index in [1.165, 1.54) is 23.6 Å². The highest BCUT2D eigenvalue weighted by molar-refractivity contribution is 7.99. The van der Waals surface area contributed by atoms with Crippen LogP contribution in [0.1, 0.15) is 5.69 Å². The summed E-state index contributed by atoms with van der Waals surface area (Å²) in [4.78, 5) is 16.2. The fraction of sp³-hybridized carbons (Fsp3) is 0.300. The van der Waals surface area contributed by atoms with Crippen LogP contribution in [0.15, 0.2) is 28.4 Å². The summed E-state index contributed by atoms with van der Waals surface area (Å²) in [5.41, 5.74) is 0.909. The van der Waals surface area contributed by atoms with Crippen molar-refractivity contribution < 1.29 is 9.53 Å². The highest BCUT2D eigenvalue weighted by atomic mass is 32.2. The minimum atomic E-state index is -0.393. The van der Waals surface area contributed by atoms with Crippen molar-refractivity contribution >= 4 is 17.7 Å². The third kappa shape index (κ3) is 3.04. The number of carbonyl (C=O) groups excluding carboxylic acids is 1. The Balaban J connectivity index is 2.15. The van der Waals surface area contributed by atoms with Gasteiger partial charge in [-0.3, -0.25) is 9.78 Å². The number of tetrazole rings is 1. The molecule has 0 radical (unpaired) electrons. The standard InChI is InChI=1S/C10H11N5O2S/c1-7-5-8(3-4-11-7)18-10-12-13-14-15(10)6-9(16)17-2/h3-5H,6H2,1-2H3. The van der Waals surface area contributed by atoms with E-state index in [-0.39, 0.29) is 6.54 Å². The largest absolute Gasteiger partial charge is 0.468 e. The first-order chi connectivity index (χ1) is 8.69. The SMILES string of the molecule is COC(=O)Cn1nnnc1Sc1ccnc(C)c1. The first-order valence-electron chi connectivity index (χ1n) is 5.12. The lowest BCUT2D eigenvalue weighted by Crippen LogP contribution is -2.13. The van der Waals surface area contributed by atoms with Crippen LogP contribution in [0.2, 0.25) is 0 Å². The zero-order chi connectivity index (χ0) is 13.0. The third-order valence-corrected chi connectivity index (χ3v) is 3.05. The molecule has 0 aliphatic heterocycles. The van der Waals surface area contributed by atoms with E-state index in [2.05, 4.69) is 25.2 Å². The second kappa shape index (κ2) is 5.58. The molecule has 0 saturated carbocycles. The van der Waals surface area contributed by atoms with Gasteiger partial charge in [-0.2, -0.15) is 0 Å². The molecular formula is C10H11N5O2S. The quantitative estimate of drug-likeness (QED) is 0.752. The van der Waals surface area contributed by atoms with Gasteiger partial charge in [-0.25, -0.2) is 4.68 Å². The predicted molar refractivity (Wildman–Crippen MR) is 62.9 cm³/mol. The highest BCUT2D eigenvalue weighted by Gasteiger charge is 2.11. The average molecular weight is 265 g/mol. The van der Waals surface area contributed by atoms with Gasteiger partial charge in [0, 0.05) is 16.8 Å². The molecule has 0 N–H and O–H groups in total. The molecule has 2 aromatic heterocycles. The van der Waals surface area contributed by atoms with Crippen molar-refractivity contribution in [3.63, 3.8) is 0 Å². The Hall–Kier alpha value is -1.96. The van der Waals surface area contributed by atoms with Crippen LogP contribution in [0.3, 0.4) is 0 Å². The van der Waals surface area contributed by atoms with Crippen molar-refractivity contribution in [2.24, 2.45) is 0 Å². The normalized spacial score (nSPS) is 10.3. The molecule has 0 fully saturated rings. The number of ether oxygens (including phenoxy) is 1. The molecular weight excluding hydrogens is 254 g/mol. The molecule has 2 aromatic rings. The molecule has 0 unspecified atom stereocenters.